The van der Waals surface area contributed by atoms with Crippen molar-refractivity contribution in [2.45, 2.75) is 65.3 Å². The number of rotatable bonds is 7. The van der Waals surface area contributed by atoms with Gasteiger partial charge >= 0.3 is 17.9 Å². The molecule has 1 aromatic rings. The highest BCUT2D eigenvalue weighted by Gasteiger charge is 2.51. The second-order valence-electron chi connectivity index (χ2n) is 7.15. The van der Waals surface area contributed by atoms with Gasteiger partial charge in [-0.25, -0.2) is 0 Å². The maximum Gasteiger partial charge on any atom is 0.303 e. The maximum absolute atomic E-state index is 11.9. The first-order valence-electron chi connectivity index (χ1n) is 9.70. The molecule has 0 spiro atoms. The van der Waals surface area contributed by atoms with E-state index < -0.39 is 54.5 Å². The fourth-order valence-corrected chi connectivity index (χ4v) is 3.21. The van der Waals surface area contributed by atoms with E-state index in [-0.39, 0.29) is 6.61 Å². The summed E-state index contributed by atoms with van der Waals surface area (Å²) in [5, 5.41) is 2.65. The van der Waals surface area contributed by atoms with Crippen LogP contribution in [0.5, 0.6) is 5.75 Å². The van der Waals surface area contributed by atoms with Crippen molar-refractivity contribution in [3.05, 3.63) is 29.8 Å². The lowest BCUT2D eigenvalue weighted by atomic mass is 9.96. The van der Waals surface area contributed by atoms with E-state index in [0.717, 1.165) is 5.56 Å². The first-order valence-corrected chi connectivity index (χ1v) is 9.70. The number of amides is 1. The number of aryl methyl sites for hydroxylation is 1. The van der Waals surface area contributed by atoms with Crippen LogP contribution in [0.3, 0.4) is 0 Å². The SMILES string of the molecule is CC(=O)N[C@@H]1[C@H](Oc2cccc(C)c2)O[C@H](COC(C)=O)[C@H](OC(C)=O)[C@@H]1OC(C)=O. The predicted molar refractivity (Wildman–Crippen MR) is 106 cm³/mol. The molecule has 2 rings (SSSR count). The van der Waals surface area contributed by atoms with Crippen LogP contribution in [0.1, 0.15) is 33.3 Å². The Morgan fingerprint density at radius 2 is 1.61 bits per heavy atom. The minimum Gasteiger partial charge on any atom is -0.463 e. The minimum absolute atomic E-state index is 0.286. The maximum atomic E-state index is 11.9. The Kier molecular flexibility index (Phi) is 8.38. The van der Waals surface area contributed by atoms with Gasteiger partial charge in [-0.1, -0.05) is 12.1 Å². The molecule has 1 amide bonds. The Bertz CT molecular complexity index is 825. The molecular weight excluding hydrogens is 410 g/mol. The molecule has 0 radical (unpaired) electrons. The van der Waals surface area contributed by atoms with Crippen LogP contribution in [0.2, 0.25) is 0 Å². The molecule has 1 aliphatic heterocycles. The van der Waals surface area contributed by atoms with Crippen molar-refractivity contribution >= 4 is 23.8 Å². The summed E-state index contributed by atoms with van der Waals surface area (Å²) in [6, 6.07) is 6.10. The summed E-state index contributed by atoms with van der Waals surface area (Å²) in [5.74, 6) is -1.91. The van der Waals surface area contributed by atoms with Crippen molar-refractivity contribution in [2.24, 2.45) is 0 Å². The minimum atomic E-state index is -1.16. The molecule has 1 N–H and O–H groups in total. The van der Waals surface area contributed by atoms with Crippen LogP contribution in [0.4, 0.5) is 0 Å². The number of esters is 3. The fourth-order valence-electron chi connectivity index (χ4n) is 3.21. The van der Waals surface area contributed by atoms with Crippen LogP contribution in [0.25, 0.3) is 0 Å². The van der Waals surface area contributed by atoms with Crippen LogP contribution in [-0.4, -0.2) is 61.1 Å². The lowest BCUT2D eigenvalue weighted by Crippen LogP contribution is -2.67. The van der Waals surface area contributed by atoms with E-state index in [4.69, 9.17) is 23.7 Å². The predicted octanol–water partition coefficient (Wildman–Crippen LogP) is 1.03. The van der Waals surface area contributed by atoms with Crippen molar-refractivity contribution in [3.63, 3.8) is 0 Å². The number of carbonyl (C=O) groups is 4. The summed E-state index contributed by atoms with van der Waals surface area (Å²) in [6.07, 6.45) is -4.47. The van der Waals surface area contributed by atoms with Crippen molar-refractivity contribution in [1.29, 1.82) is 0 Å². The van der Waals surface area contributed by atoms with E-state index in [2.05, 4.69) is 5.32 Å². The zero-order valence-corrected chi connectivity index (χ0v) is 18.1. The molecule has 5 atom stereocenters. The lowest BCUT2D eigenvalue weighted by Gasteiger charge is -2.44. The van der Waals surface area contributed by atoms with E-state index in [9.17, 15) is 19.2 Å². The molecule has 170 valence electrons. The summed E-state index contributed by atoms with van der Waals surface area (Å²) in [4.78, 5) is 46.8. The third-order valence-electron chi connectivity index (χ3n) is 4.31. The normalized spacial score (nSPS) is 25.1. The third kappa shape index (κ3) is 7.25. The number of carbonyl (C=O) groups excluding carboxylic acids is 4. The molecule has 31 heavy (non-hydrogen) atoms. The van der Waals surface area contributed by atoms with Crippen LogP contribution >= 0.6 is 0 Å². The summed E-state index contributed by atoms with van der Waals surface area (Å²) in [7, 11) is 0. The number of ether oxygens (including phenoxy) is 5. The Balaban J connectivity index is 2.44. The highest BCUT2D eigenvalue weighted by molar-refractivity contribution is 5.73. The molecule has 1 aliphatic rings. The standard InChI is InChI=1S/C21H27NO9/c1-11-7-6-8-16(9-11)30-21-18(22-12(2)23)20(29-15(5)26)19(28-14(4)25)17(31-21)10-27-13(3)24/h6-9,17-21H,10H2,1-5H3,(H,22,23)/t17-,18+,19+,20-,21-/m1/s1. The van der Waals surface area contributed by atoms with Gasteiger partial charge in [0.25, 0.3) is 0 Å². The van der Waals surface area contributed by atoms with Gasteiger partial charge in [-0.15, -0.1) is 0 Å². The van der Waals surface area contributed by atoms with Gasteiger partial charge in [0.1, 0.15) is 24.5 Å². The van der Waals surface area contributed by atoms with Crippen LogP contribution < -0.4 is 10.1 Å². The number of nitrogens with one attached hydrogen (secondary N) is 1. The average molecular weight is 437 g/mol. The highest BCUT2D eigenvalue weighted by Crippen LogP contribution is 2.29. The van der Waals surface area contributed by atoms with Gasteiger partial charge in [-0.2, -0.15) is 0 Å². The summed E-state index contributed by atoms with van der Waals surface area (Å²) < 4.78 is 27.7. The van der Waals surface area contributed by atoms with Gasteiger partial charge in [0.2, 0.25) is 12.2 Å². The second kappa shape index (κ2) is 10.8. The van der Waals surface area contributed by atoms with Gasteiger partial charge < -0.3 is 29.0 Å². The smallest absolute Gasteiger partial charge is 0.303 e. The number of hydrogen-bond acceptors (Lipinski definition) is 9. The third-order valence-corrected chi connectivity index (χ3v) is 4.31. The van der Waals surface area contributed by atoms with E-state index >= 15 is 0 Å². The largest absolute Gasteiger partial charge is 0.463 e. The van der Waals surface area contributed by atoms with Gasteiger partial charge in [0.15, 0.2) is 12.2 Å². The fraction of sp³-hybridized carbons (Fsp3) is 0.524. The van der Waals surface area contributed by atoms with E-state index in [1.165, 1.54) is 27.7 Å². The molecule has 1 heterocycles. The Morgan fingerprint density at radius 1 is 0.968 bits per heavy atom. The molecule has 1 fully saturated rings. The first kappa shape index (κ1) is 24.1. The molecule has 10 nitrogen and oxygen atoms in total. The van der Waals surface area contributed by atoms with Crippen molar-refractivity contribution in [1.82, 2.24) is 5.32 Å². The quantitative estimate of drug-likeness (QED) is 0.491. The molecule has 0 saturated carbocycles. The Hall–Kier alpha value is -3.14. The highest BCUT2D eigenvalue weighted by atomic mass is 16.7. The summed E-state index contributed by atoms with van der Waals surface area (Å²) in [5.41, 5.74) is 0.926. The molecule has 1 aromatic carbocycles. The molecule has 0 aromatic heterocycles. The van der Waals surface area contributed by atoms with Gasteiger partial charge in [0, 0.05) is 27.7 Å². The van der Waals surface area contributed by atoms with Crippen molar-refractivity contribution in [2.75, 3.05) is 6.61 Å². The van der Waals surface area contributed by atoms with Gasteiger partial charge in [0.05, 0.1) is 0 Å². The van der Waals surface area contributed by atoms with Gasteiger partial charge in [-0.3, -0.25) is 19.2 Å². The van der Waals surface area contributed by atoms with Crippen LogP contribution in [0.15, 0.2) is 24.3 Å². The Morgan fingerprint density at radius 3 is 2.16 bits per heavy atom. The van der Waals surface area contributed by atoms with E-state index in [1.807, 2.05) is 13.0 Å². The monoisotopic (exact) mass is 437 g/mol. The molecular formula is C21H27NO9. The summed E-state index contributed by atoms with van der Waals surface area (Å²) in [6.45, 7) is 6.45. The topological polar surface area (TPSA) is 126 Å². The van der Waals surface area contributed by atoms with E-state index in [1.54, 1.807) is 18.2 Å². The van der Waals surface area contributed by atoms with Gasteiger partial charge in [-0.05, 0) is 24.6 Å². The lowest BCUT2D eigenvalue weighted by molar-refractivity contribution is -0.257. The summed E-state index contributed by atoms with van der Waals surface area (Å²) >= 11 is 0. The molecule has 0 aliphatic carbocycles. The van der Waals surface area contributed by atoms with E-state index in [0.29, 0.717) is 5.75 Å². The molecule has 10 heteroatoms. The molecule has 1 saturated heterocycles. The number of benzene rings is 1. The van der Waals surface area contributed by atoms with Crippen LogP contribution in [-0.2, 0) is 38.1 Å². The van der Waals surface area contributed by atoms with Crippen molar-refractivity contribution < 1.29 is 42.9 Å². The first-order chi connectivity index (χ1) is 14.6. The average Bonchev–Trinajstić information content (AvgIpc) is 2.64. The molecule has 0 bridgehead atoms. The second-order valence-corrected chi connectivity index (χ2v) is 7.15. The molecule has 0 unspecified atom stereocenters. The zero-order valence-electron chi connectivity index (χ0n) is 18.1. The number of hydrogen-bond donors (Lipinski definition) is 1. The van der Waals surface area contributed by atoms with Crippen LogP contribution in [0, 0.1) is 6.92 Å². The Labute approximate surface area is 180 Å². The zero-order chi connectivity index (χ0) is 23.1. The van der Waals surface area contributed by atoms with Crippen molar-refractivity contribution in [3.8, 4) is 5.75 Å².